The van der Waals surface area contributed by atoms with E-state index in [0.29, 0.717) is 27.7 Å². The maximum absolute atomic E-state index is 13.9. The van der Waals surface area contributed by atoms with Crippen LogP contribution >= 0.6 is 23.2 Å². The van der Waals surface area contributed by atoms with Gasteiger partial charge in [0.15, 0.2) is 5.78 Å². The molecule has 218 valence electrons. The highest BCUT2D eigenvalue weighted by molar-refractivity contribution is 6.35. The Morgan fingerprint density at radius 3 is 1.70 bits per heavy atom. The molecule has 6 rings (SSSR count). The Kier molecular flexibility index (Phi) is 8.81. The zero-order chi connectivity index (χ0) is 30.5. The Morgan fingerprint density at radius 1 is 0.636 bits per heavy atom. The Morgan fingerprint density at radius 2 is 1.16 bits per heavy atom. The highest BCUT2D eigenvalue weighted by Gasteiger charge is 2.36. The summed E-state index contributed by atoms with van der Waals surface area (Å²) in [6.07, 6.45) is 0.781. The highest BCUT2D eigenvalue weighted by Crippen LogP contribution is 2.37. The van der Waals surface area contributed by atoms with Gasteiger partial charge in [-0.3, -0.25) is 10.1 Å². The minimum atomic E-state index is -0.637. The molecule has 0 atom stereocenters. The first-order chi connectivity index (χ1) is 21.5. The Balaban J connectivity index is 1.49. The normalized spacial score (nSPS) is 11.4. The molecule has 0 saturated carbocycles. The van der Waals surface area contributed by atoms with Gasteiger partial charge >= 0.3 is 0 Å². The minimum absolute atomic E-state index is 0.171. The molecule has 0 saturated heterocycles. The Labute approximate surface area is 268 Å². The van der Waals surface area contributed by atoms with Gasteiger partial charge in [-0.25, -0.2) is 0 Å². The number of aromatic nitrogens is 1. The summed E-state index contributed by atoms with van der Waals surface area (Å²) < 4.78 is 2.18. The van der Waals surface area contributed by atoms with Crippen molar-refractivity contribution in [2.24, 2.45) is 0 Å². The van der Waals surface area contributed by atoms with Gasteiger partial charge in [-0.15, -0.1) is 0 Å². The number of carbonyl (C=O) groups is 1. The smallest absolute Gasteiger partial charge is 0.196 e. The fraction of sp³-hybridized carbons (Fsp3) is 0.103. The number of carbonyl (C=O) groups excluding carboxylic acids is 1. The van der Waals surface area contributed by atoms with E-state index in [-0.39, 0.29) is 5.78 Å². The van der Waals surface area contributed by atoms with Crippen LogP contribution in [-0.2, 0) is 18.5 Å². The van der Waals surface area contributed by atoms with E-state index in [2.05, 4.69) is 102 Å². The molecule has 0 amide bonds. The lowest BCUT2D eigenvalue weighted by atomic mass is 9.77. The van der Waals surface area contributed by atoms with Crippen molar-refractivity contribution < 1.29 is 4.79 Å². The second-order valence-electron chi connectivity index (χ2n) is 10.7. The van der Waals surface area contributed by atoms with Crippen molar-refractivity contribution >= 4 is 29.0 Å². The molecule has 0 bridgehead atoms. The van der Waals surface area contributed by atoms with Crippen molar-refractivity contribution in [3.05, 3.63) is 195 Å². The zero-order valence-electron chi connectivity index (χ0n) is 24.4. The summed E-state index contributed by atoms with van der Waals surface area (Å²) in [5.74, 6) is -0.171. The molecule has 0 aliphatic rings. The predicted octanol–water partition coefficient (Wildman–Crippen LogP) is 9.66. The van der Waals surface area contributed by atoms with E-state index in [0.717, 1.165) is 40.2 Å². The van der Waals surface area contributed by atoms with Gasteiger partial charge < -0.3 is 4.57 Å². The average Bonchev–Trinajstić information content (AvgIpc) is 3.49. The highest BCUT2D eigenvalue weighted by atomic mass is 35.5. The summed E-state index contributed by atoms with van der Waals surface area (Å²) in [5, 5.41) is 4.89. The molecule has 0 radical (unpaired) electrons. The van der Waals surface area contributed by atoms with Crippen LogP contribution in [0.25, 0.3) is 5.69 Å². The summed E-state index contributed by atoms with van der Waals surface area (Å²) in [4.78, 5) is 13.9. The molecular weight excluding hydrogens is 583 g/mol. The van der Waals surface area contributed by atoms with Crippen LogP contribution in [0.3, 0.4) is 0 Å². The number of hydrogen-bond acceptors (Lipinski definition) is 2. The standard InChI is InChI=1S/C39H32Cl2N2O/c1-2-32-23-24-33(43(32)37-25-22-31(40)26-35(37)38(44)34-20-12-13-21-36(34)41)27-42-39(28-14-6-3-7-15-28,29-16-8-4-9-17-29)30-18-10-5-11-19-30/h3-26,42H,2,27H2,1H3. The molecule has 1 aromatic heterocycles. The number of nitrogens with zero attached hydrogens (tertiary/aromatic N) is 1. The van der Waals surface area contributed by atoms with E-state index in [1.807, 2.05) is 42.5 Å². The summed E-state index contributed by atoms with van der Waals surface area (Å²) in [6.45, 7) is 2.64. The molecule has 0 aliphatic carbocycles. The molecule has 3 nitrogen and oxygen atoms in total. The van der Waals surface area contributed by atoms with Crippen molar-refractivity contribution in [1.29, 1.82) is 0 Å². The Hall–Kier alpha value is -4.41. The number of nitrogens with one attached hydrogen (secondary N) is 1. The molecule has 1 N–H and O–H groups in total. The largest absolute Gasteiger partial charge is 0.316 e. The Bertz CT molecular complexity index is 1790. The number of benzene rings is 5. The monoisotopic (exact) mass is 614 g/mol. The van der Waals surface area contributed by atoms with Crippen LogP contribution in [0.4, 0.5) is 0 Å². The lowest BCUT2D eigenvalue weighted by Gasteiger charge is -2.37. The van der Waals surface area contributed by atoms with Crippen LogP contribution < -0.4 is 5.32 Å². The van der Waals surface area contributed by atoms with Gasteiger partial charge in [-0.1, -0.05) is 133 Å². The third kappa shape index (κ3) is 5.62. The van der Waals surface area contributed by atoms with E-state index in [9.17, 15) is 4.79 Å². The molecule has 0 spiro atoms. The van der Waals surface area contributed by atoms with Crippen LogP contribution in [0.1, 0.15) is 50.9 Å². The molecule has 0 aliphatic heterocycles. The van der Waals surface area contributed by atoms with E-state index in [4.69, 9.17) is 23.2 Å². The molecular formula is C39H32Cl2N2O. The van der Waals surface area contributed by atoms with Crippen LogP contribution in [0, 0.1) is 0 Å². The zero-order valence-corrected chi connectivity index (χ0v) is 25.9. The van der Waals surface area contributed by atoms with Crippen LogP contribution in [0.2, 0.25) is 10.0 Å². The molecule has 44 heavy (non-hydrogen) atoms. The second-order valence-corrected chi connectivity index (χ2v) is 11.5. The molecule has 5 heteroatoms. The maximum atomic E-state index is 13.9. The lowest BCUT2D eigenvalue weighted by molar-refractivity contribution is 0.103. The first-order valence-corrected chi connectivity index (χ1v) is 15.5. The minimum Gasteiger partial charge on any atom is -0.316 e. The van der Waals surface area contributed by atoms with Crippen LogP contribution in [0.5, 0.6) is 0 Å². The first-order valence-electron chi connectivity index (χ1n) is 14.7. The van der Waals surface area contributed by atoms with E-state index in [1.54, 1.807) is 18.2 Å². The predicted molar refractivity (Wildman–Crippen MR) is 181 cm³/mol. The van der Waals surface area contributed by atoms with Crippen LogP contribution in [-0.4, -0.2) is 10.4 Å². The van der Waals surface area contributed by atoms with E-state index >= 15 is 0 Å². The fourth-order valence-corrected chi connectivity index (χ4v) is 6.41. The number of halogens is 2. The van der Waals surface area contributed by atoms with E-state index in [1.165, 1.54) is 0 Å². The number of aryl methyl sites for hydroxylation is 1. The van der Waals surface area contributed by atoms with Gasteiger partial charge in [0.1, 0.15) is 0 Å². The molecule has 0 fully saturated rings. The third-order valence-corrected chi connectivity index (χ3v) is 8.69. The average molecular weight is 616 g/mol. The number of hydrogen-bond donors (Lipinski definition) is 1. The topological polar surface area (TPSA) is 34.0 Å². The van der Waals surface area contributed by atoms with Crippen molar-refractivity contribution in [1.82, 2.24) is 9.88 Å². The van der Waals surface area contributed by atoms with Gasteiger partial charge in [0.2, 0.25) is 0 Å². The third-order valence-electron chi connectivity index (χ3n) is 8.12. The maximum Gasteiger partial charge on any atom is 0.196 e. The summed E-state index contributed by atoms with van der Waals surface area (Å²) in [6, 6.07) is 48.5. The number of ketones is 1. The van der Waals surface area contributed by atoms with Gasteiger partial charge in [0.05, 0.1) is 16.2 Å². The van der Waals surface area contributed by atoms with Crippen LogP contribution in [0.15, 0.2) is 146 Å². The lowest BCUT2D eigenvalue weighted by Crippen LogP contribution is -2.44. The van der Waals surface area contributed by atoms with Crippen molar-refractivity contribution in [3.63, 3.8) is 0 Å². The van der Waals surface area contributed by atoms with Crippen molar-refractivity contribution in [2.75, 3.05) is 0 Å². The van der Waals surface area contributed by atoms with Gasteiger partial charge in [0.25, 0.3) is 0 Å². The summed E-state index contributed by atoms with van der Waals surface area (Å²) in [7, 11) is 0. The van der Waals surface area contributed by atoms with Gasteiger partial charge in [0, 0.05) is 34.1 Å². The van der Waals surface area contributed by atoms with Gasteiger partial charge in [-0.2, -0.15) is 0 Å². The molecule has 5 aromatic carbocycles. The SMILES string of the molecule is CCc1ccc(CNC(c2ccccc2)(c2ccccc2)c2ccccc2)n1-c1ccc(Cl)cc1C(=O)c1ccccc1Cl. The molecule has 6 aromatic rings. The second kappa shape index (κ2) is 13.1. The van der Waals surface area contributed by atoms with Crippen molar-refractivity contribution in [3.8, 4) is 5.69 Å². The first kappa shape index (κ1) is 29.7. The van der Waals surface area contributed by atoms with E-state index < -0.39 is 5.54 Å². The fourth-order valence-electron chi connectivity index (χ4n) is 6.02. The quantitative estimate of drug-likeness (QED) is 0.123. The molecule has 1 heterocycles. The summed E-state index contributed by atoms with van der Waals surface area (Å²) in [5.41, 5.74) is 6.57. The van der Waals surface area contributed by atoms with Crippen molar-refractivity contribution in [2.45, 2.75) is 25.4 Å². The van der Waals surface area contributed by atoms with Gasteiger partial charge in [-0.05, 0) is 65.6 Å². The molecule has 0 unspecified atom stereocenters. The number of rotatable bonds is 10. The summed E-state index contributed by atoms with van der Waals surface area (Å²) >= 11 is 13.0.